The summed E-state index contributed by atoms with van der Waals surface area (Å²) in [5.74, 6) is 0. The lowest BCUT2D eigenvalue weighted by Gasteiger charge is -1.96. The first-order valence-electron chi connectivity index (χ1n) is 3.42. The smallest absolute Gasteiger partial charge is 0.258 e. The zero-order chi connectivity index (χ0) is 9.84. The van der Waals surface area contributed by atoms with Gasteiger partial charge < -0.3 is 0 Å². The van der Waals surface area contributed by atoms with Gasteiger partial charge in [-0.25, -0.2) is 0 Å². The first-order valence-corrected chi connectivity index (χ1v) is 4.54. The standard InChI is InChI=1S/C8H5BrN2O2/c9-4-6-1-7(5-10)3-8(2-6)11(12)13/h1-3H,4H2. The van der Waals surface area contributed by atoms with Gasteiger partial charge in [0.2, 0.25) is 0 Å². The zero-order valence-electron chi connectivity index (χ0n) is 6.53. The van der Waals surface area contributed by atoms with Gasteiger partial charge in [-0.15, -0.1) is 0 Å². The highest BCUT2D eigenvalue weighted by Gasteiger charge is 2.08. The molecule has 0 aliphatic heterocycles. The molecule has 1 aromatic rings. The Morgan fingerprint density at radius 3 is 2.69 bits per heavy atom. The van der Waals surface area contributed by atoms with Crippen LogP contribution in [0, 0.1) is 21.4 Å². The highest BCUT2D eigenvalue weighted by molar-refractivity contribution is 9.08. The first kappa shape index (κ1) is 9.68. The molecule has 0 aliphatic rings. The fourth-order valence-electron chi connectivity index (χ4n) is 0.921. The number of alkyl halides is 1. The third-order valence-corrected chi connectivity index (χ3v) is 2.12. The predicted octanol–water partition coefficient (Wildman–Crippen LogP) is 2.36. The number of non-ortho nitro benzene ring substituents is 1. The Morgan fingerprint density at radius 2 is 2.23 bits per heavy atom. The topological polar surface area (TPSA) is 66.9 Å². The Labute approximate surface area is 83.1 Å². The maximum Gasteiger partial charge on any atom is 0.271 e. The largest absolute Gasteiger partial charge is 0.271 e. The van der Waals surface area contributed by atoms with Crippen molar-refractivity contribution in [3.63, 3.8) is 0 Å². The molecule has 5 heteroatoms. The summed E-state index contributed by atoms with van der Waals surface area (Å²) in [7, 11) is 0. The number of hydrogen-bond acceptors (Lipinski definition) is 3. The molecular formula is C8H5BrN2O2. The second kappa shape index (κ2) is 4.01. The summed E-state index contributed by atoms with van der Waals surface area (Å²) >= 11 is 3.17. The van der Waals surface area contributed by atoms with E-state index >= 15 is 0 Å². The zero-order valence-corrected chi connectivity index (χ0v) is 8.11. The predicted molar refractivity (Wildman–Crippen MR) is 50.4 cm³/mol. The SMILES string of the molecule is N#Cc1cc(CBr)cc([N+](=O)[O-])c1. The summed E-state index contributed by atoms with van der Waals surface area (Å²) in [6.45, 7) is 0. The van der Waals surface area contributed by atoms with Gasteiger partial charge >= 0.3 is 0 Å². The quantitative estimate of drug-likeness (QED) is 0.453. The van der Waals surface area contributed by atoms with Crippen LogP contribution in [0.5, 0.6) is 0 Å². The minimum Gasteiger partial charge on any atom is -0.258 e. The van der Waals surface area contributed by atoms with Crippen molar-refractivity contribution in [1.82, 2.24) is 0 Å². The van der Waals surface area contributed by atoms with E-state index in [1.807, 2.05) is 6.07 Å². The van der Waals surface area contributed by atoms with Crippen LogP contribution in [-0.4, -0.2) is 4.92 Å². The van der Waals surface area contributed by atoms with Crippen molar-refractivity contribution in [3.8, 4) is 6.07 Å². The number of nitrogens with zero attached hydrogens (tertiary/aromatic N) is 2. The number of nitriles is 1. The molecule has 0 aliphatic carbocycles. The Kier molecular flexibility index (Phi) is 2.98. The van der Waals surface area contributed by atoms with Gasteiger partial charge in [-0.2, -0.15) is 5.26 Å². The van der Waals surface area contributed by atoms with Crippen LogP contribution in [0.2, 0.25) is 0 Å². The average molecular weight is 241 g/mol. The molecule has 0 saturated carbocycles. The number of nitro groups is 1. The van der Waals surface area contributed by atoms with Crippen LogP contribution in [0.4, 0.5) is 5.69 Å². The fraction of sp³-hybridized carbons (Fsp3) is 0.125. The van der Waals surface area contributed by atoms with Crippen LogP contribution in [0.1, 0.15) is 11.1 Å². The molecule has 4 nitrogen and oxygen atoms in total. The van der Waals surface area contributed by atoms with E-state index in [-0.39, 0.29) is 5.69 Å². The lowest BCUT2D eigenvalue weighted by molar-refractivity contribution is -0.384. The summed E-state index contributed by atoms with van der Waals surface area (Å²) in [5.41, 5.74) is 0.989. The molecule has 0 unspecified atom stereocenters. The van der Waals surface area contributed by atoms with Gasteiger partial charge in [0.05, 0.1) is 16.6 Å². The Morgan fingerprint density at radius 1 is 1.54 bits per heavy atom. The van der Waals surface area contributed by atoms with E-state index in [1.54, 1.807) is 6.07 Å². The van der Waals surface area contributed by atoms with E-state index in [0.717, 1.165) is 5.56 Å². The molecule has 1 rings (SSSR count). The fourth-order valence-corrected chi connectivity index (χ4v) is 1.24. The van der Waals surface area contributed by atoms with Crippen LogP contribution >= 0.6 is 15.9 Å². The normalized spacial score (nSPS) is 9.23. The highest BCUT2D eigenvalue weighted by atomic mass is 79.9. The Hall–Kier alpha value is -1.41. The van der Waals surface area contributed by atoms with Gasteiger partial charge in [0, 0.05) is 17.5 Å². The van der Waals surface area contributed by atoms with Crippen molar-refractivity contribution in [1.29, 1.82) is 5.26 Å². The minimum absolute atomic E-state index is 0.0477. The molecule has 1 aromatic carbocycles. The van der Waals surface area contributed by atoms with Crippen LogP contribution in [0.25, 0.3) is 0 Å². The van der Waals surface area contributed by atoms with Crippen molar-refractivity contribution in [2.45, 2.75) is 5.33 Å². The third kappa shape index (κ3) is 2.26. The van der Waals surface area contributed by atoms with Gasteiger partial charge in [-0.05, 0) is 11.6 Å². The van der Waals surface area contributed by atoms with Crippen molar-refractivity contribution in [2.75, 3.05) is 0 Å². The van der Waals surface area contributed by atoms with Crippen molar-refractivity contribution < 1.29 is 4.92 Å². The van der Waals surface area contributed by atoms with Gasteiger partial charge in [-0.3, -0.25) is 10.1 Å². The summed E-state index contributed by atoms with van der Waals surface area (Å²) in [4.78, 5) is 9.91. The van der Waals surface area contributed by atoms with E-state index in [9.17, 15) is 10.1 Å². The highest BCUT2D eigenvalue weighted by Crippen LogP contribution is 2.18. The Bertz CT molecular complexity index is 384. The molecule has 0 aromatic heterocycles. The van der Waals surface area contributed by atoms with Crippen LogP contribution in [-0.2, 0) is 5.33 Å². The van der Waals surface area contributed by atoms with Crippen LogP contribution in [0.3, 0.4) is 0 Å². The molecule has 0 atom stereocenters. The van der Waals surface area contributed by atoms with Crippen LogP contribution in [0.15, 0.2) is 18.2 Å². The molecule has 0 radical (unpaired) electrons. The summed E-state index contributed by atoms with van der Waals surface area (Å²) < 4.78 is 0. The molecular weight excluding hydrogens is 236 g/mol. The molecule has 0 amide bonds. The van der Waals surface area contributed by atoms with E-state index < -0.39 is 4.92 Å². The number of benzene rings is 1. The maximum absolute atomic E-state index is 10.4. The molecule has 0 saturated heterocycles. The molecule has 0 fully saturated rings. The molecule has 0 bridgehead atoms. The first-order chi connectivity index (χ1) is 6.17. The van der Waals surface area contributed by atoms with Gasteiger partial charge in [0.25, 0.3) is 5.69 Å². The van der Waals surface area contributed by atoms with Crippen molar-refractivity contribution in [3.05, 3.63) is 39.4 Å². The minimum atomic E-state index is -0.507. The average Bonchev–Trinajstić information content (AvgIpc) is 2.16. The molecule has 0 heterocycles. The van der Waals surface area contributed by atoms with E-state index in [2.05, 4.69) is 15.9 Å². The maximum atomic E-state index is 10.4. The summed E-state index contributed by atoms with van der Waals surface area (Å²) in [6.07, 6.45) is 0. The number of hydrogen-bond donors (Lipinski definition) is 0. The molecule has 0 N–H and O–H groups in total. The summed E-state index contributed by atoms with van der Waals surface area (Å²) in [6, 6.07) is 6.18. The number of nitro benzene ring substituents is 1. The lowest BCUT2D eigenvalue weighted by Crippen LogP contribution is -1.91. The number of rotatable bonds is 2. The third-order valence-electron chi connectivity index (χ3n) is 1.47. The van der Waals surface area contributed by atoms with Crippen LogP contribution < -0.4 is 0 Å². The molecule has 66 valence electrons. The lowest BCUT2D eigenvalue weighted by atomic mass is 10.1. The van der Waals surface area contributed by atoms with Gasteiger partial charge in [0.1, 0.15) is 0 Å². The summed E-state index contributed by atoms with van der Waals surface area (Å²) in [5, 5.41) is 19.5. The molecule has 13 heavy (non-hydrogen) atoms. The van der Waals surface area contributed by atoms with E-state index in [0.29, 0.717) is 10.9 Å². The van der Waals surface area contributed by atoms with Crippen molar-refractivity contribution >= 4 is 21.6 Å². The van der Waals surface area contributed by atoms with Crippen molar-refractivity contribution in [2.24, 2.45) is 0 Å². The number of halogens is 1. The second-order valence-electron chi connectivity index (χ2n) is 2.39. The Balaban J connectivity index is 3.24. The van der Waals surface area contributed by atoms with E-state index in [4.69, 9.17) is 5.26 Å². The molecule has 0 spiro atoms. The van der Waals surface area contributed by atoms with Gasteiger partial charge in [-0.1, -0.05) is 15.9 Å². The van der Waals surface area contributed by atoms with E-state index in [1.165, 1.54) is 12.1 Å². The van der Waals surface area contributed by atoms with Gasteiger partial charge in [0.15, 0.2) is 0 Å². The monoisotopic (exact) mass is 240 g/mol. The second-order valence-corrected chi connectivity index (χ2v) is 2.95.